The lowest BCUT2D eigenvalue weighted by Crippen LogP contribution is -2.29. The first-order valence-electron chi connectivity index (χ1n) is 12.2. The summed E-state index contributed by atoms with van der Waals surface area (Å²) >= 11 is 0. The minimum atomic E-state index is -0.955. The number of rotatable bonds is 8. The molecule has 1 unspecified atom stereocenters. The van der Waals surface area contributed by atoms with Crippen molar-refractivity contribution in [2.24, 2.45) is 0 Å². The second-order valence-electron chi connectivity index (χ2n) is 8.84. The molecule has 3 aromatic carbocycles. The molecule has 38 heavy (non-hydrogen) atoms. The third-order valence-electron chi connectivity index (χ3n) is 6.26. The SMILES string of the molecule is CCCOC(=O)c1cccc(N2C(=O)C(=O)/C(=C(\O)c3ccc(OC)cc3OC)C2c2cccc(C)c2)c1. The van der Waals surface area contributed by atoms with Gasteiger partial charge in [-0.1, -0.05) is 42.8 Å². The molecule has 1 aliphatic rings. The van der Waals surface area contributed by atoms with Crippen molar-refractivity contribution >= 4 is 29.1 Å². The summed E-state index contributed by atoms with van der Waals surface area (Å²) in [5, 5.41) is 11.5. The van der Waals surface area contributed by atoms with Crippen molar-refractivity contribution < 1.29 is 33.7 Å². The fourth-order valence-electron chi connectivity index (χ4n) is 4.45. The van der Waals surface area contributed by atoms with Gasteiger partial charge in [0.1, 0.15) is 17.3 Å². The van der Waals surface area contributed by atoms with Crippen LogP contribution in [0.5, 0.6) is 11.5 Å². The first-order valence-corrected chi connectivity index (χ1v) is 12.2. The molecule has 1 amide bonds. The minimum absolute atomic E-state index is 0.0944. The van der Waals surface area contributed by atoms with Gasteiger partial charge in [0, 0.05) is 11.8 Å². The summed E-state index contributed by atoms with van der Waals surface area (Å²) in [6.45, 7) is 4.05. The zero-order chi connectivity index (χ0) is 27.4. The molecule has 1 saturated heterocycles. The quantitative estimate of drug-likeness (QED) is 0.190. The second kappa shape index (κ2) is 11.2. The molecule has 3 aromatic rings. The normalized spacial score (nSPS) is 16.4. The summed E-state index contributed by atoms with van der Waals surface area (Å²) < 4.78 is 15.9. The van der Waals surface area contributed by atoms with E-state index in [4.69, 9.17) is 14.2 Å². The third-order valence-corrected chi connectivity index (χ3v) is 6.26. The van der Waals surface area contributed by atoms with Gasteiger partial charge in [0.25, 0.3) is 11.7 Å². The van der Waals surface area contributed by atoms with Crippen LogP contribution in [0.3, 0.4) is 0 Å². The number of ether oxygens (including phenoxy) is 3. The van der Waals surface area contributed by atoms with Gasteiger partial charge in [-0.2, -0.15) is 0 Å². The Morgan fingerprint density at radius 3 is 2.42 bits per heavy atom. The van der Waals surface area contributed by atoms with Crippen molar-refractivity contribution in [3.63, 3.8) is 0 Å². The molecular weight excluding hydrogens is 486 g/mol. The maximum absolute atomic E-state index is 13.5. The van der Waals surface area contributed by atoms with Crippen LogP contribution in [0.4, 0.5) is 5.69 Å². The highest BCUT2D eigenvalue weighted by Gasteiger charge is 2.47. The highest BCUT2D eigenvalue weighted by atomic mass is 16.5. The molecular formula is C30H29NO7. The van der Waals surface area contributed by atoms with Crippen LogP contribution < -0.4 is 14.4 Å². The summed E-state index contributed by atoms with van der Waals surface area (Å²) in [7, 11) is 2.94. The Bertz CT molecular complexity index is 1430. The first-order chi connectivity index (χ1) is 18.3. The predicted molar refractivity (Wildman–Crippen MR) is 143 cm³/mol. The van der Waals surface area contributed by atoms with Crippen molar-refractivity contribution in [3.8, 4) is 11.5 Å². The van der Waals surface area contributed by atoms with Crippen molar-refractivity contribution in [1.29, 1.82) is 0 Å². The van der Waals surface area contributed by atoms with E-state index in [1.807, 2.05) is 32.0 Å². The van der Waals surface area contributed by atoms with Crippen LogP contribution in [0, 0.1) is 6.92 Å². The number of carbonyl (C=O) groups is 3. The molecule has 1 heterocycles. The second-order valence-corrected chi connectivity index (χ2v) is 8.84. The van der Waals surface area contributed by atoms with Crippen molar-refractivity contribution in [1.82, 2.24) is 0 Å². The van der Waals surface area contributed by atoms with E-state index in [1.165, 1.54) is 25.2 Å². The number of esters is 1. The molecule has 1 N–H and O–H groups in total. The Hall–Kier alpha value is -4.59. The fraction of sp³-hybridized carbons (Fsp3) is 0.233. The molecule has 0 aliphatic carbocycles. The molecule has 0 radical (unpaired) electrons. The zero-order valence-electron chi connectivity index (χ0n) is 21.7. The molecule has 1 fully saturated rings. The van der Waals surface area contributed by atoms with E-state index < -0.39 is 23.7 Å². The van der Waals surface area contributed by atoms with Gasteiger partial charge < -0.3 is 19.3 Å². The van der Waals surface area contributed by atoms with Gasteiger partial charge in [0.05, 0.1) is 43.6 Å². The van der Waals surface area contributed by atoms with Crippen LogP contribution in [0.2, 0.25) is 0 Å². The van der Waals surface area contributed by atoms with Gasteiger partial charge in [0.15, 0.2) is 0 Å². The molecule has 196 valence electrons. The Balaban J connectivity index is 1.91. The average Bonchev–Trinajstić information content (AvgIpc) is 3.21. The number of hydrogen-bond donors (Lipinski definition) is 1. The van der Waals surface area contributed by atoms with E-state index in [0.717, 1.165) is 5.56 Å². The number of carbonyl (C=O) groups excluding carboxylic acids is 3. The van der Waals surface area contributed by atoms with Crippen molar-refractivity contribution in [2.45, 2.75) is 26.3 Å². The summed E-state index contributed by atoms with van der Waals surface area (Å²) in [6.07, 6.45) is 0.669. The summed E-state index contributed by atoms with van der Waals surface area (Å²) in [5.41, 5.74) is 2.25. The van der Waals surface area contributed by atoms with Gasteiger partial charge in [-0.25, -0.2) is 4.79 Å². The van der Waals surface area contributed by atoms with E-state index >= 15 is 0 Å². The number of ketones is 1. The van der Waals surface area contributed by atoms with Crippen LogP contribution in [-0.2, 0) is 14.3 Å². The van der Waals surface area contributed by atoms with Gasteiger partial charge in [-0.05, 0) is 49.2 Å². The average molecular weight is 516 g/mol. The number of hydrogen-bond acceptors (Lipinski definition) is 7. The maximum atomic E-state index is 13.5. The summed E-state index contributed by atoms with van der Waals surface area (Å²) in [5.74, 6) is -1.82. The van der Waals surface area contributed by atoms with Crippen molar-refractivity contribution in [2.75, 3.05) is 25.7 Å². The lowest BCUT2D eigenvalue weighted by Gasteiger charge is -2.26. The number of aliphatic hydroxyl groups excluding tert-OH is 1. The molecule has 8 heteroatoms. The number of aliphatic hydroxyl groups is 1. The Labute approximate surface area is 221 Å². The summed E-state index contributed by atoms with van der Waals surface area (Å²) in [6, 6.07) is 17.5. The van der Waals surface area contributed by atoms with Crippen LogP contribution in [0.25, 0.3) is 5.76 Å². The topological polar surface area (TPSA) is 102 Å². The molecule has 0 spiro atoms. The van der Waals surface area contributed by atoms with E-state index in [2.05, 4.69) is 0 Å². The van der Waals surface area contributed by atoms with Gasteiger partial charge >= 0.3 is 5.97 Å². The number of anilines is 1. The van der Waals surface area contributed by atoms with Crippen LogP contribution in [-0.4, -0.2) is 43.6 Å². The number of aryl methyl sites for hydroxylation is 1. The molecule has 0 bridgehead atoms. The molecule has 0 saturated carbocycles. The number of benzene rings is 3. The van der Waals surface area contributed by atoms with E-state index in [1.54, 1.807) is 42.5 Å². The standard InChI is InChI=1S/C30H29NO7/c1-5-14-38-30(35)20-10-7-11-21(16-20)31-26(19-9-6-8-18(2)15-19)25(28(33)29(31)34)27(32)23-13-12-22(36-3)17-24(23)37-4/h6-13,15-17,26,32H,5,14H2,1-4H3/b27-25-. The van der Waals surface area contributed by atoms with Crippen LogP contribution >= 0.6 is 0 Å². The fourth-order valence-corrected chi connectivity index (χ4v) is 4.45. The van der Waals surface area contributed by atoms with Crippen LogP contribution in [0.15, 0.2) is 72.3 Å². The predicted octanol–water partition coefficient (Wildman–Crippen LogP) is 5.21. The van der Waals surface area contributed by atoms with Crippen molar-refractivity contribution in [3.05, 3.63) is 94.6 Å². The maximum Gasteiger partial charge on any atom is 0.338 e. The minimum Gasteiger partial charge on any atom is -0.507 e. The Kier molecular flexibility index (Phi) is 7.81. The number of methoxy groups -OCH3 is 2. The third kappa shape index (κ3) is 4.98. The lowest BCUT2D eigenvalue weighted by molar-refractivity contribution is -0.132. The highest BCUT2D eigenvalue weighted by Crippen LogP contribution is 2.44. The molecule has 0 aromatic heterocycles. The zero-order valence-corrected chi connectivity index (χ0v) is 21.7. The number of amides is 1. The smallest absolute Gasteiger partial charge is 0.338 e. The van der Waals surface area contributed by atoms with E-state index in [-0.39, 0.29) is 34.8 Å². The van der Waals surface area contributed by atoms with Crippen LogP contribution in [0.1, 0.15) is 46.4 Å². The molecule has 8 nitrogen and oxygen atoms in total. The molecule has 1 atom stereocenters. The molecule has 4 rings (SSSR count). The largest absolute Gasteiger partial charge is 0.507 e. The first kappa shape index (κ1) is 26.5. The molecule has 1 aliphatic heterocycles. The van der Waals surface area contributed by atoms with Gasteiger partial charge in [0.2, 0.25) is 0 Å². The van der Waals surface area contributed by atoms with E-state index in [0.29, 0.717) is 23.4 Å². The van der Waals surface area contributed by atoms with E-state index in [9.17, 15) is 19.5 Å². The monoisotopic (exact) mass is 515 g/mol. The highest BCUT2D eigenvalue weighted by molar-refractivity contribution is 6.51. The Morgan fingerprint density at radius 2 is 1.74 bits per heavy atom. The summed E-state index contributed by atoms with van der Waals surface area (Å²) in [4.78, 5) is 40.8. The van der Waals surface area contributed by atoms with Gasteiger partial charge in [-0.15, -0.1) is 0 Å². The lowest BCUT2D eigenvalue weighted by atomic mass is 9.94. The number of nitrogens with zero attached hydrogens (tertiary/aromatic N) is 1. The number of Topliss-reactive ketones (excluding diaryl/α,β-unsaturated/α-hetero) is 1. The Morgan fingerprint density at radius 1 is 0.974 bits per heavy atom. The van der Waals surface area contributed by atoms with Gasteiger partial charge in [-0.3, -0.25) is 14.5 Å².